The molecule has 1 aliphatic rings. The Kier molecular flexibility index (Phi) is 6.29. The van der Waals surface area contributed by atoms with Crippen molar-refractivity contribution in [2.75, 3.05) is 11.9 Å². The van der Waals surface area contributed by atoms with Crippen LogP contribution in [-0.2, 0) is 0 Å². The first-order valence-electron chi connectivity index (χ1n) is 10.6. The van der Waals surface area contributed by atoms with Gasteiger partial charge in [-0.25, -0.2) is 24.3 Å². The molecule has 168 valence electrons. The third-order valence-electron chi connectivity index (χ3n) is 5.76. The zero-order valence-corrected chi connectivity index (χ0v) is 18.3. The van der Waals surface area contributed by atoms with Crippen molar-refractivity contribution in [2.45, 2.75) is 50.8 Å². The summed E-state index contributed by atoms with van der Waals surface area (Å²) >= 11 is 0. The van der Waals surface area contributed by atoms with Crippen LogP contribution in [0.3, 0.4) is 0 Å². The molecule has 3 N–H and O–H groups in total. The number of rotatable bonds is 6. The molecule has 0 radical (unpaired) electrons. The van der Waals surface area contributed by atoms with E-state index in [1.54, 1.807) is 18.5 Å². The second-order valence-electron chi connectivity index (χ2n) is 8.41. The quantitative estimate of drug-likeness (QED) is 0.603. The lowest BCUT2D eigenvalue weighted by molar-refractivity contribution is 0.161. The number of nitrogens with zero attached hydrogens (tertiary/aromatic N) is 5. The largest absolute Gasteiger partial charge is 0.451 e. The zero-order valence-electron chi connectivity index (χ0n) is 18.3. The summed E-state index contributed by atoms with van der Waals surface area (Å²) in [6.07, 6.45) is 6.73. The third-order valence-corrected chi connectivity index (χ3v) is 5.76. The average Bonchev–Trinajstić information content (AvgIpc) is 3.12. The molecule has 0 bridgehead atoms. The molecule has 32 heavy (non-hydrogen) atoms. The zero-order chi connectivity index (χ0) is 22.8. The Morgan fingerprint density at radius 3 is 2.56 bits per heavy atom. The van der Waals surface area contributed by atoms with E-state index in [9.17, 15) is 9.50 Å². The van der Waals surface area contributed by atoms with Crippen LogP contribution in [0.1, 0.15) is 38.3 Å². The van der Waals surface area contributed by atoms with E-state index in [0.29, 0.717) is 41.3 Å². The monoisotopic (exact) mass is 438 g/mol. The molecule has 1 saturated carbocycles. The number of aromatic nitrogens is 4. The van der Waals surface area contributed by atoms with Gasteiger partial charge in [0.25, 0.3) is 0 Å². The van der Waals surface area contributed by atoms with Crippen molar-refractivity contribution < 1.29 is 14.2 Å². The van der Waals surface area contributed by atoms with Crippen LogP contribution in [0.2, 0.25) is 0 Å². The summed E-state index contributed by atoms with van der Waals surface area (Å²) in [7, 11) is 1.84. The molecule has 1 fully saturated rings. The van der Waals surface area contributed by atoms with E-state index in [1.165, 1.54) is 24.8 Å². The Balaban J connectivity index is 1.73. The lowest BCUT2D eigenvalue weighted by Gasteiger charge is -2.29. The molecule has 3 aromatic rings. The number of aliphatic hydroxyl groups excluding tert-OH is 1. The van der Waals surface area contributed by atoms with Crippen LogP contribution in [-0.4, -0.2) is 50.3 Å². The highest BCUT2D eigenvalue weighted by atomic mass is 19.1. The number of hydrogen-bond acceptors (Lipinski definition) is 8. The van der Waals surface area contributed by atoms with Gasteiger partial charge in [0.2, 0.25) is 0 Å². The second kappa shape index (κ2) is 9.13. The van der Waals surface area contributed by atoms with Crippen LogP contribution in [0.5, 0.6) is 11.5 Å². The summed E-state index contributed by atoms with van der Waals surface area (Å²) in [6.45, 7) is 4.03. The van der Waals surface area contributed by atoms with Crippen LogP contribution < -0.4 is 15.4 Å². The van der Waals surface area contributed by atoms with E-state index in [-0.39, 0.29) is 18.0 Å². The van der Waals surface area contributed by atoms with Gasteiger partial charge < -0.3 is 20.5 Å². The Morgan fingerprint density at radius 1 is 1.09 bits per heavy atom. The first kappa shape index (κ1) is 22.0. The van der Waals surface area contributed by atoms with Crippen molar-refractivity contribution >= 4 is 5.82 Å². The van der Waals surface area contributed by atoms with E-state index in [4.69, 9.17) is 10.5 Å². The maximum Gasteiger partial charge on any atom is 0.188 e. The number of halogens is 1. The molecule has 2 heterocycles. The fraction of sp³-hybridized carbons (Fsp3) is 0.391. The molecule has 0 unspecified atom stereocenters. The minimum atomic E-state index is -0.561. The number of anilines is 1. The second-order valence-corrected chi connectivity index (χ2v) is 8.41. The van der Waals surface area contributed by atoms with Gasteiger partial charge in [-0.05, 0) is 37.0 Å². The molecule has 0 spiro atoms. The minimum absolute atomic E-state index is 0.0695. The molecule has 0 saturated heterocycles. The highest BCUT2D eigenvalue weighted by molar-refractivity contribution is 5.73. The lowest BCUT2D eigenvalue weighted by atomic mass is 9.98. The predicted octanol–water partition coefficient (Wildman–Crippen LogP) is 3.28. The fourth-order valence-electron chi connectivity index (χ4n) is 4.18. The van der Waals surface area contributed by atoms with Crippen molar-refractivity contribution in [2.24, 2.45) is 5.73 Å². The summed E-state index contributed by atoms with van der Waals surface area (Å²) < 4.78 is 20.5. The summed E-state index contributed by atoms with van der Waals surface area (Å²) in [5, 5.41) is 10.4. The van der Waals surface area contributed by atoms with Gasteiger partial charge in [0, 0.05) is 30.4 Å². The highest BCUT2D eigenvalue weighted by Gasteiger charge is 2.35. The Labute approximate surface area is 186 Å². The van der Waals surface area contributed by atoms with Gasteiger partial charge in [-0.15, -0.1) is 0 Å². The molecule has 3 atom stereocenters. The highest BCUT2D eigenvalue weighted by Crippen LogP contribution is 2.39. The lowest BCUT2D eigenvalue weighted by Crippen LogP contribution is -2.38. The van der Waals surface area contributed by atoms with Crippen molar-refractivity contribution in [3.05, 3.63) is 54.8 Å². The Morgan fingerprint density at radius 2 is 1.84 bits per heavy atom. The van der Waals surface area contributed by atoms with Gasteiger partial charge in [0.05, 0.1) is 24.0 Å². The summed E-state index contributed by atoms with van der Waals surface area (Å²) in [5.41, 5.74) is 8.06. The number of likely N-dealkylation sites (N-methyl/N-ethyl adjacent to an activating group) is 1. The number of benzene rings is 1. The van der Waals surface area contributed by atoms with Crippen LogP contribution in [0.25, 0.3) is 11.1 Å². The van der Waals surface area contributed by atoms with E-state index in [0.717, 1.165) is 5.69 Å². The normalized spacial score (nSPS) is 20.5. The topological polar surface area (TPSA) is 110 Å². The van der Waals surface area contributed by atoms with Crippen molar-refractivity contribution in [3.8, 4) is 22.6 Å². The molecule has 0 aliphatic heterocycles. The van der Waals surface area contributed by atoms with E-state index < -0.39 is 11.9 Å². The molecule has 4 rings (SSSR count). The van der Waals surface area contributed by atoms with E-state index in [1.807, 2.05) is 25.8 Å². The van der Waals surface area contributed by atoms with Crippen LogP contribution in [0.4, 0.5) is 10.2 Å². The van der Waals surface area contributed by atoms with Gasteiger partial charge in [-0.3, -0.25) is 0 Å². The fourth-order valence-corrected chi connectivity index (χ4v) is 4.18. The smallest absolute Gasteiger partial charge is 0.188 e. The SMILES string of the molecule is CC(C)c1ncncc1-c1cc(F)ccc1Oc1cncnc1N(C)[C@H]1C[C@@H](N)C[C@H]1O. The van der Waals surface area contributed by atoms with Crippen LogP contribution >= 0.6 is 0 Å². The van der Waals surface area contributed by atoms with Gasteiger partial charge in [-0.2, -0.15) is 0 Å². The Hall–Kier alpha value is -3.17. The van der Waals surface area contributed by atoms with Crippen molar-refractivity contribution in [1.29, 1.82) is 0 Å². The average molecular weight is 439 g/mol. The molecule has 1 aliphatic carbocycles. The van der Waals surface area contributed by atoms with E-state index >= 15 is 0 Å². The van der Waals surface area contributed by atoms with E-state index in [2.05, 4.69) is 19.9 Å². The first-order chi connectivity index (χ1) is 15.3. The molecule has 9 heteroatoms. The predicted molar refractivity (Wildman–Crippen MR) is 119 cm³/mol. The number of ether oxygens (including phenoxy) is 1. The number of hydrogen-bond donors (Lipinski definition) is 2. The molecule has 2 aromatic heterocycles. The maximum absolute atomic E-state index is 14.2. The maximum atomic E-state index is 14.2. The summed E-state index contributed by atoms with van der Waals surface area (Å²) in [4.78, 5) is 18.9. The Bertz CT molecular complexity index is 1100. The molecule has 1 aromatic carbocycles. The molecule has 8 nitrogen and oxygen atoms in total. The van der Waals surface area contributed by atoms with Gasteiger partial charge in [0.1, 0.15) is 24.2 Å². The number of nitrogens with two attached hydrogens (primary N) is 1. The van der Waals surface area contributed by atoms with Gasteiger partial charge in [0.15, 0.2) is 11.6 Å². The van der Waals surface area contributed by atoms with Crippen molar-refractivity contribution in [3.63, 3.8) is 0 Å². The van der Waals surface area contributed by atoms with Gasteiger partial charge in [-0.1, -0.05) is 13.8 Å². The summed E-state index contributed by atoms with van der Waals surface area (Å²) in [6, 6.07) is 4.06. The van der Waals surface area contributed by atoms with Crippen LogP contribution in [0.15, 0.2) is 43.2 Å². The van der Waals surface area contributed by atoms with Crippen molar-refractivity contribution in [1.82, 2.24) is 19.9 Å². The molecule has 0 amide bonds. The standard InChI is InChI=1S/C23H27FN6O2/c1-13(2)22-17(9-26-11-28-22)16-6-14(24)4-5-20(16)32-21-10-27-12-29-23(21)30(3)18-7-15(25)8-19(18)31/h4-6,9-13,15,18-19,31H,7-8,25H2,1-3H3/t15-,18+,19-/m1/s1. The van der Waals surface area contributed by atoms with Gasteiger partial charge >= 0.3 is 0 Å². The summed E-state index contributed by atoms with van der Waals surface area (Å²) in [5.74, 6) is 1.05. The first-order valence-corrected chi connectivity index (χ1v) is 10.6. The molecular formula is C23H27FN6O2. The molecular weight excluding hydrogens is 411 g/mol. The minimum Gasteiger partial charge on any atom is -0.451 e. The third kappa shape index (κ3) is 4.39. The van der Waals surface area contributed by atoms with Crippen LogP contribution in [0, 0.1) is 5.82 Å². The number of aliphatic hydroxyl groups is 1.